The van der Waals surface area contributed by atoms with E-state index in [0.717, 1.165) is 0 Å². The first-order valence-electron chi connectivity index (χ1n) is 5.07. The molecule has 1 aromatic rings. The summed E-state index contributed by atoms with van der Waals surface area (Å²) < 4.78 is 0. The number of nitrogens with one attached hydrogen (secondary N) is 3. The number of carbonyl (C=O) groups excluding carboxylic acids is 2. The third kappa shape index (κ3) is 3.34. The fourth-order valence-corrected chi connectivity index (χ4v) is 1.05. The number of amides is 2. The predicted molar refractivity (Wildman–Crippen MR) is 56.8 cm³/mol. The van der Waals surface area contributed by atoms with Gasteiger partial charge in [0.05, 0.1) is 0 Å². The van der Waals surface area contributed by atoms with Gasteiger partial charge in [0.2, 0.25) is 11.7 Å². The predicted octanol–water partition coefficient (Wildman–Crippen LogP) is -0.767. The molecule has 7 heteroatoms. The van der Waals surface area contributed by atoms with Crippen LogP contribution in [0.25, 0.3) is 0 Å². The van der Waals surface area contributed by atoms with Crippen LogP contribution in [0.5, 0.6) is 0 Å². The van der Waals surface area contributed by atoms with E-state index in [1.54, 1.807) is 7.05 Å². The lowest BCUT2D eigenvalue weighted by Crippen LogP contribution is -2.29. The molecule has 2 amide bonds. The summed E-state index contributed by atoms with van der Waals surface area (Å²) in [5.41, 5.74) is 0. The third-order valence-electron chi connectivity index (χ3n) is 1.99. The van der Waals surface area contributed by atoms with Gasteiger partial charge in [-0.25, -0.2) is 4.98 Å². The van der Waals surface area contributed by atoms with Gasteiger partial charge in [0.15, 0.2) is 0 Å². The van der Waals surface area contributed by atoms with Crippen molar-refractivity contribution in [2.75, 3.05) is 13.6 Å². The van der Waals surface area contributed by atoms with Crippen LogP contribution in [-0.2, 0) is 11.2 Å². The zero-order valence-corrected chi connectivity index (χ0v) is 9.33. The number of carbonyl (C=O) groups is 2. The molecule has 1 aromatic heterocycles. The van der Waals surface area contributed by atoms with Gasteiger partial charge in [-0.15, -0.1) is 5.10 Å². The first-order valence-corrected chi connectivity index (χ1v) is 5.07. The van der Waals surface area contributed by atoms with Crippen molar-refractivity contribution in [2.45, 2.75) is 19.8 Å². The van der Waals surface area contributed by atoms with Crippen molar-refractivity contribution < 1.29 is 9.59 Å². The van der Waals surface area contributed by atoms with E-state index in [9.17, 15) is 9.59 Å². The lowest BCUT2D eigenvalue weighted by molar-refractivity contribution is -0.120. The summed E-state index contributed by atoms with van der Waals surface area (Å²) >= 11 is 0. The SMILES string of the molecule is CCc1nc(C(=O)NCCC(=O)NC)n[nH]1. The van der Waals surface area contributed by atoms with E-state index >= 15 is 0 Å². The molecule has 1 rings (SSSR count). The van der Waals surface area contributed by atoms with Gasteiger partial charge in [-0.3, -0.25) is 14.7 Å². The summed E-state index contributed by atoms with van der Waals surface area (Å²) in [6, 6.07) is 0. The molecule has 0 radical (unpaired) electrons. The molecule has 16 heavy (non-hydrogen) atoms. The normalized spacial score (nSPS) is 9.88. The smallest absolute Gasteiger partial charge is 0.290 e. The van der Waals surface area contributed by atoms with Crippen molar-refractivity contribution in [1.82, 2.24) is 25.8 Å². The van der Waals surface area contributed by atoms with Gasteiger partial charge in [-0.05, 0) is 0 Å². The number of aromatic amines is 1. The molecule has 0 aliphatic rings. The number of nitrogens with zero attached hydrogens (tertiary/aromatic N) is 2. The highest BCUT2D eigenvalue weighted by Gasteiger charge is 2.11. The second kappa shape index (κ2) is 5.84. The summed E-state index contributed by atoms with van der Waals surface area (Å²) in [5.74, 6) is 0.273. The zero-order valence-electron chi connectivity index (χ0n) is 9.33. The fourth-order valence-electron chi connectivity index (χ4n) is 1.05. The van der Waals surface area contributed by atoms with Crippen molar-refractivity contribution in [3.63, 3.8) is 0 Å². The van der Waals surface area contributed by atoms with E-state index in [-0.39, 0.29) is 30.6 Å². The number of H-pyrrole nitrogens is 1. The van der Waals surface area contributed by atoms with Crippen LogP contribution in [0.4, 0.5) is 0 Å². The van der Waals surface area contributed by atoms with Crippen LogP contribution in [0, 0.1) is 0 Å². The number of aromatic nitrogens is 3. The molecule has 0 aromatic carbocycles. The van der Waals surface area contributed by atoms with Gasteiger partial charge in [-0.1, -0.05) is 6.92 Å². The van der Waals surface area contributed by atoms with E-state index < -0.39 is 0 Å². The first kappa shape index (κ1) is 12.2. The van der Waals surface area contributed by atoms with Crippen molar-refractivity contribution >= 4 is 11.8 Å². The van der Waals surface area contributed by atoms with Crippen LogP contribution in [0.2, 0.25) is 0 Å². The van der Waals surface area contributed by atoms with E-state index in [0.29, 0.717) is 12.2 Å². The monoisotopic (exact) mass is 225 g/mol. The summed E-state index contributed by atoms with van der Waals surface area (Å²) in [7, 11) is 1.55. The Labute approximate surface area is 93.0 Å². The molecule has 88 valence electrons. The Morgan fingerprint density at radius 2 is 2.19 bits per heavy atom. The van der Waals surface area contributed by atoms with Crippen molar-refractivity contribution in [3.05, 3.63) is 11.6 Å². The largest absolute Gasteiger partial charge is 0.359 e. The Hall–Kier alpha value is -1.92. The second-order valence-corrected chi connectivity index (χ2v) is 3.14. The van der Waals surface area contributed by atoms with Crippen molar-refractivity contribution in [2.24, 2.45) is 0 Å². The highest BCUT2D eigenvalue weighted by Crippen LogP contribution is 1.93. The minimum Gasteiger partial charge on any atom is -0.359 e. The summed E-state index contributed by atoms with van der Waals surface area (Å²) in [6.45, 7) is 2.18. The van der Waals surface area contributed by atoms with Crippen LogP contribution in [0.15, 0.2) is 0 Å². The average molecular weight is 225 g/mol. The molecule has 0 fully saturated rings. The Bertz CT molecular complexity index is 374. The van der Waals surface area contributed by atoms with Crippen molar-refractivity contribution in [3.8, 4) is 0 Å². The minimum atomic E-state index is -0.375. The lowest BCUT2D eigenvalue weighted by atomic mass is 10.4. The van der Waals surface area contributed by atoms with Gasteiger partial charge in [0.25, 0.3) is 5.91 Å². The molecule has 0 unspecified atom stereocenters. The van der Waals surface area contributed by atoms with Gasteiger partial charge in [0.1, 0.15) is 5.82 Å². The Kier molecular flexibility index (Phi) is 4.43. The van der Waals surface area contributed by atoms with E-state index in [2.05, 4.69) is 25.8 Å². The molecule has 0 saturated heterocycles. The zero-order chi connectivity index (χ0) is 12.0. The molecule has 0 aliphatic heterocycles. The lowest BCUT2D eigenvalue weighted by Gasteiger charge is -2.01. The second-order valence-electron chi connectivity index (χ2n) is 3.14. The Balaban J connectivity index is 2.38. The minimum absolute atomic E-state index is 0.105. The Morgan fingerprint density at radius 3 is 2.75 bits per heavy atom. The highest BCUT2D eigenvalue weighted by atomic mass is 16.2. The van der Waals surface area contributed by atoms with Crippen LogP contribution in [-0.4, -0.2) is 40.6 Å². The molecule has 1 heterocycles. The van der Waals surface area contributed by atoms with Crippen molar-refractivity contribution in [1.29, 1.82) is 0 Å². The number of hydrogen-bond acceptors (Lipinski definition) is 4. The third-order valence-corrected chi connectivity index (χ3v) is 1.99. The Morgan fingerprint density at radius 1 is 1.44 bits per heavy atom. The van der Waals surface area contributed by atoms with E-state index in [4.69, 9.17) is 0 Å². The highest BCUT2D eigenvalue weighted by molar-refractivity contribution is 5.90. The van der Waals surface area contributed by atoms with Gasteiger partial charge in [0, 0.05) is 26.4 Å². The molecule has 0 aliphatic carbocycles. The number of aryl methyl sites for hydroxylation is 1. The van der Waals surface area contributed by atoms with Crippen LogP contribution < -0.4 is 10.6 Å². The summed E-state index contributed by atoms with van der Waals surface area (Å²) in [6.07, 6.45) is 0.936. The van der Waals surface area contributed by atoms with Crippen LogP contribution in [0.1, 0.15) is 29.8 Å². The summed E-state index contributed by atoms with van der Waals surface area (Å²) in [4.78, 5) is 26.3. The van der Waals surface area contributed by atoms with Gasteiger partial charge < -0.3 is 10.6 Å². The van der Waals surface area contributed by atoms with Gasteiger partial charge in [-0.2, -0.15) is 0 Å². The average Bonchev–Trinajstić information content (AvgIpc) is 2.77. The molecule has 3 N–H and O–H groups in total. The van der Waals surface area contributed by atoms with Crippen LogP contribution >= 0.6 is 0 Å². The van der Waals surface area contributed by atoms with Gasteiger partial charge >= 0.3 is 0 Å². The molecule has 0 saturated carbocycles. The maximum absolute atomic E-state index is 11.5. The molecule has 0 atom stereocenters. The van der Waals surface area contributed by atoms with E-state index in [1.165, 1.54) is 0 Å². The molecule has 0 bridgehead atoms. The quantitative estimate of drug-likeness (QED) is 0.612. The molecule has 0 spiro atoms. The summed E-state index contributed by atoms with van der Waals surface area (Å²) in [5, 5.41) is 11.4. The fraction of sp³-hybridized carbons (Fsp3) is 0.556. The van der Waals surface area contributed by atoms with Crippen LogP contribution in [0.3, 0.4) is 0 Å². The molecular formula is C9H15N5O2. The topological polar surface area (TPSA) is 99.8 Å². The standard InChI is InChI=1S/C9H15N5O2/c1-3-6-12-8(14-13-6)9(16)11-5-4-7(15)10-2/h3-5H2,1-2H3,(H,10,15)(H,11,16)(H,12,13,14). The number of rotatable bonds is 5. The molecule has 7 nitrogen and oxygen atoms in total. The maximum Gasteiger partial charge on any atom is 0.290 e. The maximum atomic E-state index is 11.5. The first-order chi connectivity index (χ1) is 7.67. The molecular weight excluding hydrogens is 210 g/mol. The van der Waals surface area contributed by atoms with E-state index in [1.807, 2.05) is 6.92 Å². The number of hydrogen-bond donors (Lipinski definition) is 3.